The van der Waals surface area contributed by atoms with E-state index in [-0.39, 0.29) is 18.0 Å². The van der Waals surface area contributed by atoms with Crippen molar-refractivity contribution in [2.75, 3.05) is 13.1 Å². The molecule has 0 aromatic rings. The molecule has 1 heterocycles. The maximum Gasteiger partial charge on any atom is 0.317 e. The molecule has 17 heavy (non-hydrogen) atoms. The number of hydrogen-bond acceptors (Lipinski definition) is 2. The molecule has 2 rings (SSSR count). The highest BCUT2D eigenvalue weighted by atomic mass is 16.4. The fourth-order valence-corrected chi connectivity index (χ4v) is 2.43. The summed E-state index contributed by atoms with van der Waals surface area (Å²) in [5, 5.41) is 11.8. The number of nitrogens with one attached hydrogen (secondary N) is 1. The zero-order chi connectivity index (χ0) is 12.3. The van der Waals surface area contributed by atoms with Crippen LogP contribution < -0.4 is 5.32 Å². The Morgan fingerprint density at radius 1 is 1.29 bits per heavy atom. The van der Waals surface area contributed by atoms with Gasteiger partial charge in [-0.05, 0) is 25.7 Å². The second kappa shape index (κ2) is 5.21. The van der Waals surface area contributed by atoms with Gasteiger partial charge in [-0.1, -0.05) is 12.2 Å². The smallest absolute Gasteiger partial charge is 0.317 e. The third-order valence-corrected chi connectivity index (χ3v) is 3.45. The Morgan fingerprint density at radius 2 is 2.12 bits per heavy atom. The predicted molar refractivity (Wildman–Crippen MR) is 62.6 cm³/mol. The molecule has 5 nitrogen and oxygen atoms in total. The van der Waals surface area contributed by atoms with E-state index < -0.39 is 5.97 Å². The molecule has 0 spiro atoms. The number of carboxylic acid groups (broad SMARTS) is 1. The zero-order valence-corrected chi connectivity index (χ0v) is 9.76. The standard InChI is InChI=1S/C12H18N2O3/c15-11(16)9-4-5-10(8-9)13-12(17)14-6-2-1-3-7-14/h1-2,9-10H,3-8H2,(H,13,17)(H,15,16)/t9-,10+/m1/s1. The van der Waals surface area contributed by atoms with Gasteiger partial charge in [-0.2, -0.15) is 0 Å². The van der Waals surface area contributed by atoms with Gasteiger partial charge in [0, 0.05) is 19.1 Å². The summed E-state index contributed by atoms with van der Waals surface area (Å²) in [5.74, 6) is -1.04. The number of carboxylic acids is 1. The van der Waals surface area contributed by atoms with Gasteiger partial charge in [0.25, 0.3) is 0 Å². The molecule has 1 fully saturated rings. The molecule has 0 radical (unpaired) electrons. The van der Waals surface area contributed by atoms with Crippen LogP contribution in [-0.2, 0) is 4.79 Å². The van der Waals surface area contributed by atoms with Gasteiger partial charge < -0.3 is 15.3 Å². The lowest BCUT2D eigenvalue weighted by atomic mass is 10.1. The molecule has 0 aromatic heterocycles. The summed E-state index contributed by atoms with van der Waals surface area (Å²) in [4.78, 5) is 24.4. The van der Waals surface area contributed by atoms with E-state index in [9.17, 15) is 9.59 Å². The Hall–Kier alpha value is -1.52. The first-order valence-corrected chi connectivity index (χ1v) is 6.10. The van der Waals surface area contributed by atoms with Gasteiger partial charge in [-0.25, -0.2) is 4.79 Å². The lowest BCUT2D eigenvalue weighted by Gasteiger charge is -2.25. The predicted octanol–water partition coefficient (Wildman–Crippen LogP) is 1.21. The van der Waals surface area contributed by atoms with Crippen LogP contribution in [0.25, 0.3) is 0 Å². The number of urea groups is 1. The van der Waals surface area contributed by atoms with Crippen molar-refractivity contribution in [2.45, 2.75) is 31.7 Å². The molecule has 94 valence electrons. The van der Waals surface area contributed by atoms with E-state index in [1.165, 1.54) is 0 Å². The summed E-state index contributed by atoms with van der Waals surface area (Å²) in [6.07, 6.45) is 6.95. The number of nitrogens with zero attached hydrogens (tertiary/aromatic N) is 1. The van der Waals surface area contributed by atoms with Crippen molar-refractivity contribution in [3.8, 4) is 0 Å². The van der Waals surface area contributed by atoms with Crippen molar-refractivity contribution in [3.63, 3.8) is 0 Å². The van der Waals surface area contributed by atoms with Gasteiger partial charge in [-0.3, -0.25) is 4.79 Å². The second-order valence-electron chi connectivity index (χ2n) is 4.70. The largest absolute Gasteiger partial charge is 0.481 e. The number of carbonyl (C=O) groups is 2. The van der Waals surface area contributed by atoms with Gasteiger partial charge in [0.1, 0.15) is 0 Å². The molecule has 1 saturated carbocycles. The highest BCUT2D eigenvalue weighted by molar-refractivity contribution is 5.75. The van der Waals surface area contributed by atoms with Crippen LogP contribution >= 0.6 is 0 Å². The number of carbonyl (C=O) groups excluding carboxylic acids is 1. The highest BCUT2D eigenvalue weighted by Gasteiger charge is 2.31. The van der Waals surface area contributed by atoms with Crippen LogP contribution in [-0.4, -0.2) is 41.1 Å². The quantitative estimate of drug-likeness (QED) is 0.710. The van der Waals surface area contributed by atoms with Crippen LogP contribution in [0, 0.1) is 5.92 Å². The Bertz CT molecular complexity index is 341. The summed E-state index contributed by atoms with van der Waals surface area (Å²) < 4.78 is 0. The van der Waals surface area contributed by atoms with Crippen molar-refractivity contribution in [1.82, 2.24) is 10.2 Å². The first-order chi connectivity index (χ1) is 8.16. The van der Waals surface area contributed by atoms with Gasteiger partial charge in [0.05, 0.1) is 5.92 Å². The van der Waals surface area contributed by atoms with Crippen molar-refractivity contribution in [3.05, 3.63) is 12.2 Å². The third-order valence-electron chi connectivity index (χ3n) is 3.45. The molecule has 0 bridgehead atoms. The van der Waals surface area contributed by atoms with Crippen molar-refractivity contribution in [1.29, 1.82) is 0 Å². The topological polar surface area (TPSA) is 69.6 Å². The monoisotopic (exact) mass is 238 g/mol. The minimum Gasteiger partial charge on any atom is -0.481 e. The molecular formula is C12H18N2O3. The van der Waals surface area contributed by atoms with Crippen LogP contribution in [0.15, 0.2) is 12.2 Å². The molecule has 2 atom stereocenters. The Morgan fingerprint density at radius 3 is 2.71 bits per heavy atom. The number of rotatable bonds is 2. The average molecular weight is 238 g/mol. The van der Waals surface area contributed by atoms with E-state index in [4.69, 9.17) is 5.11 Å². The summed E-state index contributed by atoms with van der Waals surface area (Å²) in [5.41, 5.74) is 0. The minimum atomic E-state index is -0.748. The summed E-state index contributed by atoms with van der Waals surface area (Å²) in [7, 11) is 0. The maximum atomic E-state index is 11.9. The summed E-state index contributed by atoms with van der Waals surface area (Å²) in [6.45, 7) is 1.40. The van der Waals surface area contributed by atoms with Crippen LogP contribution in [0.1, 0.15) is 25.7 Å². The minimum absolute atomic E-state index is 0.0227. The van der Waals surface area contributed by atoms with E-state index in [1.807, 2.05) is 6.08 Å². The van der Waals surface area contributed by atoms with Crippen LogP contribution in [0.4, 0.5) is 4.79 Å². The van der Waals surface area contributed by atoms with Crippen LogP contribution in [0.2, 0.25) is 0 Å². The van der Waals surface area contributed by atoms with Crippen molar-refractivity contribution >= 4 is 12.0 Å². The van der Waals surface area contributed by atoms with Crippen LogP contribution in [0.5, 0.6) is 0 Å². The Kier molecular flexibility index (Phi) is 3.66. The first kappa shape index (κ1) is 12.0. The second-order valence-corrected chi connectivity index (χ2v) is 4.70. The number of hydrogen-bond donors (Lipinski definition) is 2. The Balaban J connectivity index is 1.79. The zero-order valence-electron chi connectivity index (χ0n) is 9.76. The van der Waals surface area contributed by atoms with Crippen molar-refractivity contribution < 1.29 is 14.7 Å². The van der Waals surface area contributed by atoms with E-state index >= 15 is 0 Å². The molecule has 2 amide bonds. The van der Waals surface area contributed by atoms with Gasteiger partial charge in [0.15, 0.2) is 0 Å². The molecule has 5 heteroatoms. The molecule has 1 aliphatic carbocycles. The lowest BCUT2D eigenvalue weighted by Crippen LogP contribution is -2.45. The molecule has 2 N–H and O–H groups in total. The van der Waals surface area contributed by atoms with E-state index in [2.05, 4.69) is 11.4 Å². The third kappa shape index (κ3) is 2.99. The fourth-order valence-electron chi connectivity index (χ4n) is 2.43. The number of aliphatic carboxylic acids is 1. The van der Waals surface area contributed by atoms with Gasteiger partial charge in [0.2, 0.25) is 0 Å². The molecule has 0 saturated heterocycles. The molecule has 0 aromatic carbocycles. The normalized spacial score (nSPS) is 28.1. The average Bonchev–Trinajstić information content (AvgIpc) is 2.79. The van der Waals surface area contributed by atoms with Crippen molar-refractivity contribution in [2.24, 2.45) is 5.92 Å². The van der Waals surface area contributed by atoms with E-state index in [0.717, 1.165) is 19.4 Å². The fraction of sp³-hybridized carbons (Fsp3) is 0.667. The summed E-state index contributed by atoms with van der Waals surface area (Å²) >= 11 is 0. The molecular weight excluding hydrogens is 220 g/mol. The summed E-state index contributed by atoms with van der Waals surface area (Å²) in [6, 6.07) is -0.0418. The lowest BCUT2D eigenvalue weighted by molar-refractivity contribution is -0.141. The number of amides is 2. The molecule has 2 aliphatic rings. The first-order valence-electron chi connectivity index (χ1n) is 6.10. The van der Waals surface area contributed by atoms with Gasteiger partial charge >= 0.3 is 12.0 Å². The molecule has 0 unspecified atom stereocenters. The van der Waals surface area contributed by atoms with Gasteiger partial charge in [-0.15, -0.1) is 0 Å². The van der Waals surface area contributed by atoms with Crippen LogP contribution in [0.3, 0.4) is 0 Å². The maximum absolute atomic E-state index is 11.9. The molecule has 1 aliphatic heterocycles. The SMILES string of the molecule is O=C(O)[C@@H]1CC[C@H](NC(=O)N2CC=CCC2)C1. The van der Waals surface area contributed by atoms with E-state index in [0.29, 0.717) is 19.4 Å². The van der Waals surface area contributed by atoms with E-state index in [1.54, 1.807) is 4.90 Å². The Labute approximate surface area is 100 Å². The highest BCUT2D eigenvalue weighted by Crippen LogP contribution is 2.25.